The van der Waals surface area contributed by atoms with Gasteiger partial charge in [0.25, 0.3) is 0 Å². The van der Waals surface area contributed by atoms with Crippen molar-refractivity contribution in [3.8, 4) is 0 Å². The van der Waals surface area contributed by atoms with Gasteiger partial charge in [0, 0.05) is 12.7 Å². The number of carbonyl (C=O) groups excluding carboxylic acids is 1. The zero-order valence-electron chi connectivity index (χ0n) is 12.8. The third-order valence-corrected chi connectivity index (χ3v) is 4.89. The van der Waals surface area contributed by atoms with Gasteiger partial charge in [-0.1, -0.05) is 18.2 Å². The van der Waals surface area contributed by atoms with Crippen LogP contribution in [0.3, 0.4) is 0 Å². The van der Waals surface area contributed by atoms with E-state index in [9.17, 15) is 19.5 Å². The van der Waals surface area contributed by atoms with E-state index in [2.05, 4.69) is 5.32 Å². The number of amides is 1. The van der Waals surface area contributed by atoms with Gasteiger partial charge < -0.3 is 20.6 Å². The first-order valence-electron chi connectivity index (χ1n) is 7.14. The summed E-state index contributed by atoms with van der Waals surface area (Å²) in [5, 5.41) is 30.5. The Morgan fingerprint density at radius 1 is 1.29 bits per heavy atom. The number of hydrogen-bond acceptors (Lipinski definition) is 5. The highest BCUT2D eigenvalue weighted by Gasteiger charge is 2.28. The van der Waals surface area contributed by atoms with Crippen LogP contribution >= 0.6 is 11.8 Å². The van der Waals surface area contributed by atoms with Crippen LogP contribution in [-0.2, 0) is 9.59 Å². The van der Waals surface area contributed by atoms with Crippen LogP contribution < -0.4 is 5.32 Å². The summed E-state index contributed by atoms with van der Waals surface area (Å²) in [4.78, 5) is 33.1. The van der Waals surface area contributed by atoms with Crippen molar-refractivity contribution in [2.24, 2.45) is 0 Å². The zero-order valence-corrected chi connectivity index (χ0v) is 13.6. The van der Waals surface area contributed by atoms with E-state index in [1.54, 1.807) is 18.2 Å². The number of rotatable bonds is 6. The van der Waals surface area contributed by atoms with Crippen molar-refractivity contribution in [1.29, 1.82) is 0 Å². The Morgan fingerprint density at radius 2 is 2.00 bits per heavy atom. The molecule has 8 heteroatoms. The molecule has 1 aliphatic rings. The summed E-state index contributed by atoms with van der Waals surface area (Å²) in [5.74, 6) is -2.52. The number of carboxylic acid groups (broad SMARTS) is 2. The number of benzene rings is 1. The Bertz CT molecular complexity index is 702. The number of hydrogen-bond donors (Lipinski definition) is 4. The molecule has 0 saturated heterocycles. The smallest absolute Gasteiger partial charge is 0.335 e. The van der Waals surface area contributed by atoms with Gasteiger partial charge in [-0.15, -0.1) is 11.8 Å². The molecule has 3 atom stereocenters. The SMILES string of the molecule is CC(=O)N[C@@H](CSC1C=Cc2cc(C(=O)O)ccc2C1O)C(=O)O. The van der Waals surface area contributed by atoms with Gasteiger partial charge in [-0.3, -0.25) is 4.79 Å². The normalized spacial score (nSPS) is 20.1. The van der Waals surface area contributed by atoms with Crippen molar-refractivity contribution in [3.63, 3.8) is 0 Å². The van der Waals surface area contributed by atoms with Crippen molar-refractivity contribution in [3.05, 3.63) is 41.0 Å². The lowest BCUT2D eigenvalue weighted by molar-refractivity contribution is -0.140. The lowest BCUT2D eigenvalue weighted by Gasteiger charge is -2.26. The predicted molar refractivity (Wildman–Crippen MR) is 88.9 cm³/mol. The third-order valence-electron chi connectivity index (χ3n) is 3.56. The Labute approximate surface area is 142 Å². The summed E-state index contributed by atoms with van der Waals surface area (Å²) < 4.78 is 0. The zero-order chi connectivity index (χ0) is 17.9. The second-order valence-corrected chi connectivity index (χ2v) is 6.55. The largest absolute Gasteiger partial charge is 0.480 e. The fourth-order valence-electron chi connectivity index (χ4n) is 2.38. The maximum atomic E-state index is 11.1. The van der Waals surface area contributed by atoms with Crippen LogP contribution in [0.5, 0.6) is 0 Å². The Hall–Kier alpha value is -2.32. The van der Waals surface area contributed by atoms with Crippen LogP contribution in [0.4, 0.5) is 0 Å². The van der Waals surface area contributed by atoms with Gasteiger partial charge >= 0.3 is 11.9 Å². The van der Waals surface area contributed by atoms with Gasteiger partial charge in [-0.2, -0.15) is 0 Å². The summed E-state index contributed by atoms with van der Waals surface area (Å²) in [5.41, 5.74) is 1.34. The molecular formula is C16H17NO6S. The molecule has 0 fully saturated rings. The first-order chi connectivity index (χ1) is 11.3. The number of thioether (sulfide) groups is 1. The highest BCUT2D eigenvalue weighted by Crippen LogP contribution is 2.35. The van der Waals surface area contributed by atoms with Gasteiger partial charge in [-0.05, 0) is 23.3 Å². The minimum absolute atomic E-state index is 0.101. The topological polar surface area (TPSA) is 124 Å². The number of aliphatic carboxylic acids is 1. The fourth-order valence-corrected chi connectivity index (χ4v) is 3.54. The van der Waals surface area contributed by atoms with Gasteiger partial charge in [0.05, 0.1) is 16.9 Å². The molecule has 1 amide bonds. The molecule has 2 unspecified atom stereocenters. The first kappa shape index (κ1) is 18.0. The molecule has 1 aliphatic carbocycles. The number of nitrogens with one attached hydrogen (secondary N) is 1. The summed E-state index contributed by atoms with van der Waals surface area (Å²) >= 11 is 1.21. The van der Waals surface area contributed by atoms with Crippen molar-refractivity contribution in [2.75, 3.05) is 5.75 Å². The second-order valence-electron chi connectivity index (χ2n) is 5.34. The molecule has 7 nitrogen and oxygen atoms in total. The van der Waals surface area contributed by atoms with Crippen LogP contribution in [0.25, 0.3) is 6.08 Å². The molecule has 1 aromatic rings. The maximum absolute atomic E-state index is 11.1. The minimum Gasteiger partial charge on any atom is -0.480 e. The summed E-state index contributed by atoms with van der Waals surface area (Å²) in [7, 11) is 0. The first-order valence-corrected chi connectivity index (χ1v) is 8.19. The van der Waals surface area contributed by atoms with Crippen LogP contribution in [0, 0.1) is 0 Å². The van der Waals surface area contributed by atoms with E-state index in [4.69, 9.17) is 10.2 Å². The quantitative estimate of drug-likeness (QED) is 0.606. The van der Waals surface area contributed by atoms with E-state index in [1.807, 2.05) is 0 Å². The molecule has 0 bridgehead atoms. The molecule has 0 aromatic heterocycles. The van der Waals surface area contributed by atoms with Crippen LogP contribution in [0.1, 0.15) is 34.5 Å². The highest BCUT2D eigenvalue weighted by molar-refractivity contribution is 8.00. The number of aromatic carboxylic acids is 1. The fraction of sp³-hybridized carbons (Fsp3) is 0.312. The number of fused-ring (bicyclic) bond motifs is 1. The molecule has 1 aromatic carbocycles. The standard InChI is InChI=1S/C16H17NO6S/c1-8(18)17-12(16(22)23)7-24-13-5-3-9-6-10(15(20)21)2-4-11(9)14(13)19/h2-6,12-14,19H,7H2,1H3,(H,17,18)(H,20,21)(H,22,23)/t12-,13?,14?/m0/s1. The number of aliphatic hydroxyl groups excluding tert-OH is 1. The van der Waals surface area contributed by atoms with Gasteiger partial charge in [0.2, 0.25) is 5.91 Å². The average molecular weight is 351 g/mol. The molecule has 0 aliphatic heterocycles. The van der Waals surface area contributed by atoms with E-state index in [0.717, 1.165) is 0 Å². The monoisotopic (exact) mass is 351 g/mol. The Balaban J connectivity index is 2.09. The van der Waals surface area contributed by atoms with E-state index in [1.165, 1.54) is 30.8 Å². The van der Waals surface area contributed by atoms with Crippen LogP contribution in [0.15, 0.2) is 24.3 Å². The molecule has 0 heterocycles. The summed E-state index contributed by atoms with van der Waals surface area (Å²) in [6.07, 6.45) is 2.53. The van der Waals surface area contributed by atoms with E-state index in [-0.39, 0.29) is 16.6 Å². The Kier molecular flexibility index (Phi) is 5.63. The van der Waals surface area contributed by atoms with E-state index < -0.39 is 30.0 Å². The molecule has 0 spiro atoms. The minimum atomic E-state index is -1.14. The lowest BCUT2D eigenvalue weighted by atomic mass is 9.93. The van der Waals surface area contributed by atoms with Crippen molar-refractivity contribution in [2.45, 2.75) is 24.3 Å². The highest BCUT2D eigenvalue weighted by atomic mass is 32.2. The molecule has 0 saturated carbocycles. The average Bonchev–Trinajstić information content (AvgIpc) is 2.52. The van der Waals surface area contributed by atoms with Crippen molar-refractivity contribution >= 4 is 35.7 Å². The molecule has 2 rings (SSSR count). The molecule has 128 valence electrons. The van der Waals surface area contributed by atoms with E-state index >= 15 is 0 Å². The molecular weight excluding hydrogens is 334 g/mol. The van der Waals surface area contributed by atoms with Gasteiger partial charge in [0.1, 0.15) is 6.04 Å². The lowest BCUT2D eigenvalue weighted by Crippen LogP contribution is -2.42. The third kappa shape index (κ3) is 4.15. The molecule has 24 heavy (non-hydrogen) atoms. The summed E-state index contributed by atoms with van der Waals surface area (Å²) in [6.45, 7) is 1.24. The van der Waals surface area contributed by atoms with Crippen LogP contribution in [-0.4, -0.2) is 50.2 Å². The second kappa shape index (κ2) is 7.50. The van der Waals surface area contributed by atoms with E-state index in [0.29, 0.717) is 11.1 Å². The molecule has 0 radical (unpaired) electrons. The van der Waals surface area contributed by atoms with Crippen molar-refractivity contribution in [1.82, 2.24) is 5.32 Å². The Morgan fingerprint density at radius 3 is 2.58 bits per heavy atom. The maximum Gasteiger partial charge on any atom is 0.335 e. The van der Waals surface area contributed by atoms with Crippen LogP contribution in [0.2, 0.25) is 0 Å². The number of carbonyl (C=O) groups is 3. The molecule has 4 N–H and O–H groups in total. The van der Waals surface area contributed by atoms with Gasteiger partial charge in [0.15, 0.2) is 0 Å². The number of carboxylic acids is 2. The predicted octanol–water partition coefficient (Wildman–Crippen LogP) is 1.14. The summed E-state index contributed by atoms with van der Waals surface area (Å²) in [6, 6.07) is 3.42. The van der Waals surface area contributed by atoms with Crippen molar-refractivity contribution < 1.29 is 29.7 Å². The number of aliphatic hydroxyl groups is 1. The van der Waals surface area contributed by atoms with Gasteiger partial charge in [-0.25, -0.2) is 9.59 Å².